The van der Waals surface area contributed by atoms with Gasteiger partial charge in [0.15, 0.2) is 0 Å². The fraction of sp³-hybridized carbons (Fsp3) is 0.188. The molecule has 3 heteroatoms. The fourth-order valence-corrected chi connectivity index (χ4v) is 1.79. The smallest absolute Gasteiger partial charge is 0.127 e. The molecule has 0 fully saturated rings. The van der Waals surface area contributed by atoms with Gasteiger partial charge in [-0.15, -0.1) is 0 Å². The second-order valence-electron chi connectivity index (χ2n) is 4.21. The molecule has 0 atom stereocenters. The first kappa shape index (κ1) is 13.1. The van der Waals surface area contributed by atoms with Gasteiger partial charge in [0.1, 0.15) is 11.5 Å². The van der Waals surface area contributed by atoms with E-state index in [0.717, 1.165) is 22.7 Å². The Balaban J connectivity index is 2.31. The number of methoxy groups -OCH3 is 2. The van der Waals surface area contributed by atoms with E-state index < -0.39 is 0 Å². The summed E-state index contributed by atoms with van der Waals surface area (Å²) in [6, 6.07) is 13.7. The second kappa shape index (κ2) is 6.05. The van der Waals surface area contributed by atoms with E-state index in [1.165, 1.54) is 5.56 Å². The molecule has 0 aliphatic carbocycles. The van der Waals surface area contributed by atoms with E-state index in [4.69, 9.17) is 9.47 Å². The standard InChI is InChI=1S/C16H17NO2/c1-12-5-4-6-14(9-12)17-11-13-10-15(18-2)7-8-16(13)19-3/h4-11H,1-3H3. The van der Waals surface area contributed by atoms with E-state index in [1.54, 1.807) is 20.4 Å². The van der Waals surface area contributed by atoms with Crippen LogP contribution in [0.2, 0.25) is 0 Å². The summed E-state index contributed by atoms with van der Waals surface area (Å²) in [5.74, 6) is 1.56. The van der Waals surface area contributed by atoms with E-state index >= 15 is 0 Å². The van der Waals surface area contributed by atoms with Gasteiger partial charge in [-0.05, 0) is 42.8 Å². The zero-order valence-electron chi connectivity index (χ0n) is 11.4. The van der Waals surface area contributed by atoms with Crippen molar-refractivity contribution >= 4 is 11.9 Å². The Kier molecular flexibility index (Phi) is 4.18. The number of nitrogens with zero attached hydrogens (tertiary/aromatic N) is 1. The van der Waals surface area contributed by atoms with Gasteiger partial charge in [-0.3, -0.25) is 4.99 Å². The summed E-state index contributed by atoms with van der Waals surface area (Å²) in [4.78, 5) is 4.46. The maximum Gasteiger partial charge on any atom is 0.127 e. The van der Waals surface area contributed by atoms with Crippen molar-refractivity contribution in [1.82, 2.24) is 0 Å². The van der Waals surface area contributed by atoms with Crippen molar-refractivity contribution < 1.29 is 9.47 Å². The molecule has 2 aromatic rings. The van der Waals surface area contributed by atoms with E-state index in [0.29, 0.717) is 0 Å². The summed E-state index contributed by atoms with van der Waals surface area (Å²) < 4.78 is 10.5. The summed E-state index contributed by atoms with van der Waals surface area (Å²) in [5, 5.41) is 0. The van der Waals surface area contributed by atoms with Gasteiger partial charge in [-0.2, -0.15) is 0 Å². The summed E-state index contributed by atoms with van der Waals surface area (Å²) >= 11 is 0. The minimum atomic E-state index is 0.775. The normalized spacial score (nSPS) is 10.7. The number of benzene rings is 2. The average molecular weight is 255 g/mol. The van der Waals surface area contributed by atoms with Crippen molar-refractivity contribution in [1.29, 1.82) is 0 Å². The van der Waals surface area contributed by atoms with Crippen LogP contribution >= 0.6 is 0 Å². The highest BCUT2D eigenvalue weighted by molar-refractivity contribution is 5.86. The molecule has 98 valence electrons. The van der Waals surface area contributed by atoms with Crippen molar-refractivity contribution in [3.8, 4) is 11.5 Å². The van der Waals surface area contributed by atoms with Crippen LogP contribution in [0.3, 0.4) is 0 Å². The maximum absolute atomic E-state index is 5.31. The fourth-order valence-electron chi connectivity index (χ4n) is 1.79. The number of aliphatic imine (C=N–C) groups is 1. The zero-order valence-corrected chi connectivity index (χ0v) is 11.4. The van der Waals surface area contributed by atoms with Crippen molar-refractivity contribution in [3.63, 3.8) is 0 Å². The first-order chi connectivity index (χ1) is 9.22. The highest BCUT2D eigenvalue weighted by atomic mass is 16.5. The molecule has 0 spiro atoms. The summed E-state index contributed by atoms with van der Waals surface area (Å²) in [5.41, 5.74) is 3.00. The molecule has 0 aliphatic rings. The molecule has 0 amide bonds. The lowest BCUT2D eigenvalue weighted by molar-refractivity contribution is 0.402. The molecule has 19 heavy (non-hydrogen) atoms. The molecule has 0 N–H and O–H groups in total. The maximum atomic E-state index is 5.31. The number of hydrogen-bond acceptors (Lipinski definition) is 3. The van der Waals surface area contributed by atoms with E-state index in [2.05, 4.69) is 4.99 Å². The van der Waals surface area contributed by atoms with Crippen LogP contribution in [-0.2, 0) is 0 Å². The Morgan fingerprint density at radius 1 is 1.00 bits per heavy atom. The minimum absolute atomic E-state index is 0.775. The van der Waals surface area contributed by atoms with Gasteiger partial charge in [-0.25, -0.2) is 0 Å². The van der Waals surface area contributed by atoms with Crippen molar-refractivity contribution in [3.05, 3.63) is 53.6 Å². The predicted octanol–water partition coefficient (Wildman–Crippen LogP) is 3.76. The van der Waals surface area contributed by atoms with Gasteiger partial charge >= 0.3 is 0 Å². The van der Waals surface area contributed by atoms with Crippen LogP contribution in [0.4, 0.5) is 5.69 Å². The van der Waals surface area contributed by atoms with E-state index in [1.807, 2.05) is 49.4 Å². The number of aryl methyl sites for hydroxylation is 1. The molecule has 0 aliphatic heterocycles. The molecular weight excluding hydrogens is 238 g/mol. The average Bonchev–Trinajstić information content (AvgIpc) is 2.45. The summed E-state index contributed by atoms with van der Waals surface area (Å²) in [7, 11) is 3.29. The van der Waals surface area contributed by atoms with Crippen LogP contribution in [0.5, 0.6) is 11.5 Å². The Hall–Kier alpha value is -2.29. The monoisotopic (exact) mass is 255 g/mol. The Morgan fingerprint density at radius 3 is 2.53 bits per heavy atom. The topological polar surface area (TPSA) is 30.8 Å². The third kappa shape index (κ3) is 3.35. The largest absolute Gasteiger partial charge is 0.497 e. The highest BCUT2D eigenvalue weighted by Gasteiger charge is 2.02. The predicted molar refractivity (Wildman–Crippen MR) is 78.0 cm³/mol. The van der Waals surface area contributed by atoms with Crippen LogP contribution in [0.15, 0.2) is 47.5 Å². The van der Waals surface area contributed by atoms with Crippen LogP contribution < -0.4 is 9.47 Å². The Bertz CT molecular complexity index is 591. The molecule has 0 saturated heterocycles. The third-order valence-electron chi connectivity index (χ3n) is 2.79. The lowest BCUT2D eigenvalue weighted by Gasteiger charge is -2.06. The summed E-state index contributed by atoms with van der Waals surface area (Å²) in [6.45, 7) is 2.05. The summed E-state index contributed by atoms with van der Waals surface area (Å²) in [6.07, 6.45) is 1.79. The van der Waals surface area contributed by atoms with Gasteiger partial charge < -0.3 is 9.47 Å². The zero-order chi connectivity index (χ0) is 13.7. The molecular formula is C16H17NO2. The lowest BCUT2D eigenvalue weighted by Crippen LogP contribution is -1.92. The first-order valence-electron chi connectivity index (χ1n) is 6.05. The molecule has 0 bridgehead atoms. The second-order valence-corrected chi connectivity index (χ2v) is 4.21. The molecule has 0 heterocycles. The third-order valence-corrected chi connectivity index (χ3v) is 2.79. The van der Waals surface area contributed by atoms with Crippen LogP contribution in [-0.4, -0.2) is 20.4 Å². The van der Waals surface area contributed by atoms with Gasteiger partial charge in [-0.1, -0.05) is 12.1 Å². The first-order valence-corrected chi connectivity index (χ1v) is 6.05. The van der Waals surface area contributed by atoms with Crippen molar-refractivity contribution in [2.45, 2.75) is 6.92 Å². The van der Waals surface area contributed by atoms with E-state index in [-0.39, 0.29) is 0 Å². The van der Waals surface area contributed by atoms with Gasteiger partial charge in [0.05, 0.1) is 19.9 Å². The molecule has 0 aromatic heterocycles. The van der Waals surface area contributed by atoms with Crippen LogP contribution in [0.25, 0.3) is 0 Å². The van der Waals surface area contributed by atoms with Crippen molar-refractivity contribution in [2.24, 2.45) is 4.99 Å². The number of hydrogen-bond donors (Lipinski definition) is 0. The van der Waals surface area contributed by atoms with Crippen LogP contribution in [0, 0.1) is 6.92 Å². The SMILES string of the molecule is COc1ccc(OC)c(C=Nc2cccc(C)c2)c1. The van der Waals surface area contributed by atoms with Gasteiger partial charge in [0.25, 0.3) is 0 Å². The quantitative estimate of drug-likeness (QED) is 0.779. The molecule has 0 saturated carbocycles. The van der Waals surface area contributed by atoms with Crippen molar-refractivity contribution in [2.75, 3.05) is 14.2 Å². The molecule has 0 radical (unpaired) electrons. The number of ether oxygens (including phenoxy) is 2. The number of rotatable bonds is 4. The highest BCUT2D eigenvalue weighted by Crippen LogP contribution is 2.23. The molecule has 2 aromatic carbocycles. The minimum Gasteiger partial charge on any atom is -0.497 e. The van der Waals surface area contributed by atoms with Gasteiger partial charge in [0, 0.05) is 11.8 Å². The Morgan fingerprint density at radius 2 is 1.84 bits per heavy atom. The van der Waals surface area contributed by atoms with Crippen LogP contribution in [0.1, 0.15) is 11.1 Å². The Labute approximate surface area is 113 Å². The lowest BCUT2D eigenvalue weighted by atomic mass is 10.2. The van der Waals surface area contributed by atoms with E-state index in [9.17, 15) is 0 Å². The molecule has 3 nitrogen and oxygen atoms in total. The van der Waals surface area contributed by atoms with Gasteiger partial charge in [0.2, 0.25) is 0 Å². The molecule has 0 unspecified atom stereocenters. The molecule has 2 rings (SSSR count).